The van der Waals surface area contributed by atoms with Crippen LogP contribution in [-0.2, 0) is 11.3 Å². The molecule has 0 bridgehead atoms. The molecule has 140 valence electrons. The third-order valence-electron chi connectivity index (χ3n) is 4.13. The van der Waals surface area contributed by atoms with E-state index in [1.54, 1.807) is 6.92 Å². The van der Waals surface area contributed by atoms with Crippen molar-refractivity contribution in [1.29, 1.82) is 0 Å². The summed E-state index contributed by atoms with van der Waals surface area (Å²) in [5.41, 5.74) is 3.13. The molecule has 6 nitrogen and oxygen atoms in total. The maximum absolute atomic E-state index is 12.3. The quantitative estimate of drug-likeness (QED) is 0.635. The highest BCUT2D eigenvalue weighted by molar-refractivity contribution is 9.10. The Kier molecular flexibility index (Phi) is 5.91. The molecule has 1 heterocycles. The molecule has 1 atom stereocenters. The summed E-state index contributed by atoms with van der Waals surface area (Å²) in [6.45, 7) is 5.87. The first-order valence-corrected chi connectivity index (χ1v) is 9.32. The number of nitrogens with zero attached hydrogens (tertiary/aromatic N) is 2. The number of halogens is 1. The second-order valence-electron chi connectivity index (χ2n) is 6.25. The molecule has 2 aromatic carbocycles. The number of aryl methyl sites for hydroxylation is 2. The standard InChI is InChI=1S/C20H20BrN3O3/c1-12-7-8-17(9-13(12)2)26-14(3)20(25)22-11-18-23-19(24-27-18)15-5-4-6-16(21)10-15/h4-10,14H,11H2,1-3H3,(H,22,25)/t14-/m0/s1. The number of rotatable bonds is 6. The van der Waals surface area contributed by atoms with Crippen LogP contribution in [0, 0.1) is 13.8 Å². The smallest absolute Gasteiger partial charge is 0.261 e. The van der Waals surface area contributed by atoms with Gasteiger partial charge in [-0.3, -0.25) is 4.79 Å². The van der Waals surface area contributed by atoms with E-state index in [0.717, 1.165) is 15.6 Å². The lowest BCUT2D eigenvalue weighted by Crippen LogP contribution is -2.36. The first-order chi connectivity index (χ1) is 12.9. The van der Waals surface area contributed by atoms with Gasteiger partial charge < -0.3 is 14.6 Å². The fourth-order valence-electron chi connectivity index (χ4n) is 2.42. The predicted octanol–water partition coefficient (Wildman–Crippen LogP) is 4.20. The molecular formula is C20H20BrN3O3. The van der Waals surface area contributed by atoms with Crippen LogP contribution in [0.2, 0.25) is 0 Å². The molecule has 0 saturated heterocycles. The number of aromatic nitrogens is 2. The Labute approximate surface area is 166 Å². The van der Waals surface area contributed by atoms with E-state index < -0.39 is 6.10 Å². The predicted molar refractivity (Wildman–Crippen MR) is 105 cm³/mol. The van der Waals surface area contributed by atoms with E-state index in [9.17, 15) is 4.79 Å². The summed E-state index contributed by atoms with van der Waals surface area (Å²) in [4.78, 5) is 16.6. The zero-order valence-electron chi connectivity index (χ0n) is 15.3. The van der Waals surface area contributed by atoms with Gasteiger partial charge in [-0.1, -0.05) is 39.3 Å². The number of hydrogen-bond donors (Lipinski definition) is 1. The number of ether oxygens (including phenoxy) is 1. The summed E-state index contributed by atoms with van der Waals surface area (Å²) in [6, 6.07) is 13.3. The summed E-state index contributed by atoms with van der Waals surface area (Å²) >= 11 is 3.41. The lowest BCUT2D eigenvalue weighted by Gasteiger charge is -2.15. The topological polar surface area (TPSA) is 77.2 Å². The number of benzene rings is 2. The largest absolute Gasteiger partial charge is 0.481 e. The molecule has 0 saturated carbocycles. The first-order valence-electron chi connectivity index (χ1n) is 8.52. The minimum Gasteiger partial charge on any atom is -0.481 e. The highest BCUT2D eigenvalue weighted by Gasteiger charge is 2.16. The van der Waals surface area contributed by atoms with Crippen LogP contribution in [0.15, 0.2) is 51.5 Å². The van der Waals surface area contributed by atoms with Crippen LogP contribution in [0.4, 0.5) is 0 Å². The van der Waals surface area contributed by atoms with Crippen LogP contribution < -0.4 is 10.1 Å². The maximum Gasteiger partial charge on any atom is 0.261 e. The van der Waals surface area contributed by atoms with Crippen LogP contribution in [0.5, 0.6) is 5.75 Å². The van der Waals surface area contributed by atoms with E-state index in [4.69, 9.17) is 9.26 Å². The molecule has 0 spiro atoms. The van der Waals surface area contributed by atoms with Crippen LogP contribution in [0.3, 0.4) is 0 Å². The molecule has 27 heavy (non-hydrogen) atoms. The molecular weight excluding hydrogens is 410 g/mol. The summed E-state index contributed by atoms with van der Waals surface area (Å²) in [7, 11) is 0. The van der Waals surface area contributed by atoms with Crippen molar-refractivity contribution in [3.8, 4) is 17.1 Å². The third-order valence-corrected chi connectivity index (χ3v) is 4.62. The molecule has 0 unspecified atom stereocenters. The molecule has 0 radical (unpaired) electrons. The van der Waals surface area contributed by atoms with Gasteiger partial charge in [0, 0.05) is 10.0 Å². The Morgan fingerprint density at radius 1 is 1.22 bits per heavy atom. The normalized spacial score (nSPS) is 11.9. The fraction of sp³-hybridized carbons (Fsp3) is 0.250. The highest BCUT2D eigenvalue weighted by atomic mass is 79.9. The molecule has 1 aromatic heterocycles. The zero-order chi connectivity index (χ0) is 19.4. The summed E-state index contributed by atoms with van der Waals surface area (Å²) in [5, 5.41) is 6.70. The Morgan fingerprint density at radius 3 is 2.78 bits per heavy atom. The van der Waals surface area contributed by atoms with Crippen molar-refractivity contribution in [2.45, 2.75) is 33.4 Å². The molecule has 1 amide bonds. The van der Waals surface area contributed by atoms with Gasteiger partial charge in [-0.2, -0.15) is 4.98 Å². The van der Waals surface area contributed by atoms with Gasteiger partial charge in [0.15, 0.2) is 6.10 Å². The van der Waals surface area contributed by atoms with Gasteiger partial charge >= 0.3 is 0 Å². The average Bonchev–Trinajstić information content (AvgIpc) is 3.12. The third kappa shape index (κ3) is 4.95. The van der Waals surface area contributed by atoms with E-state index in [1.807, 2.05) is 56.3 Å². The summed E-state index contributed by atoms with van der Waals surface area (Å²) < 4.78 is 11.8. The van der Waals surface area contributed by atoms with Gasteiger partial charge in [-0.25, -0.2) is 0 Å². The van der Waals surface area contributed by atoms with E-state index in [2.05, 4.69) is 31.4 Å². The highest BCUT2D eigenvalue weighted by Crippen LogP contribution is 2.20. The molecule has 0 aliphatic heterocycles. The number of carbonyl (C=O) groups excluding carboxylic acids is 1. The average molecular weight is 430 g/mol. The monoisotopic (exact) mass is 429 g/mol. The minimum absolute atomic E-state index is 0.139. The molecule has 7 heteroatoms. The van der Waals surface area contributed by atoms with Crippen molar-refractivity contribution in [3.05, 3.63) is 64.0 Å². The van der Waals surface area contributed by atoms with Gasteiger partial charge in [-0.05, 0) is 56.2 Å². The molecule has 3 aromatic rings. The van der Waals surface area contributed by atoms with Crippen molar-refractivity contribution in [2.24, 2.45) is 0 Å². The Balaban J connectivity index is 1.56. The van der Waals surface area contributed by atoms with Gasteiger partial charge in [0.25, 0.3) is 5.91 Å². The SMILES string of the molecule is Cc1ccc(O[C@@H](C)C(=O)NCc2nc(-c3cccc(Br)c3)no2)cc1C. The number of amides is 1. The van der Waals surface area contributed by atoms with Crippen molar-refractivity contribution in [2.75, 3.05) is 0 Å². The molecule has 3 rings (SSSR count). The number of nitrogens with one attached hydrogen (secondary N) is 1. The second-order valence-corrected chi connectivity index (χ2v) is 7.16. The summed E-state index contributed by atoms with van der Waals surface area (Å²) in [5.74, 6) is 1.21. The van der Waals surface area contributed by atoms with Crippen LogP contribution in [-0.4, -0.2) is 22.2 Å². The van der Waals surface area contributed by atoms with Crippen molar-refractivity contribution < 1.29 is 14.1 Å². The lowest BCUT2D eigenvalue weighted by molar-refractivity contribution is -0.127. The Morgan fingerprint density at radius 2 is 2.04 bits per heavy atom. The molecule has 0 fully saturated rings. The first kappa shape index (κ1) is 19.1. The molecule has 1 N–H and O–H groups in total. The zero-order valence-corrected chi connectivity index (χ0v) is 16.9. The van der Waals surface area contributed by atoms with Crippen molar-refractivity contribution in [1.82, 2.24) is 15.5 Å². The van der Waals surface area contributed by atoms with Crippen LogP contribution in [0.25, 0.3) is 11.4 Å². The van der Waals surface area contributed by atoms with E-state index in [-0.39, 0.29) is 12.5 Å². The van der Waals surface area contributed by atoms with Crippen LogP contribution in [0.1, 0.15) is 23.9 Å². The maximum atomic E-state index is 12.3. The van der Waals surface area contributed by atoms with E-state index in [0.29, 0.717) is 17.5 Å². The fourth-order valence-corrected chi connectivity index (χ4v) is 2.82. The van der Waals surface area contributed by atoms with E-state index >= 15 is 0 Å². The number of hydrogen-bond acceptors (Lipinski definition) is 5. The van der Waals surface area contributed by atoms with Gasteiger partial charge in [0.2, 0.25) is 11.7 Å². The van der Waals surface area contributed by atoms with Gasteiger partial charge in [-0.15, -0.1) is 0 Å². The molecule has 0 aliphatic carbocycles. The lowest BCUT2D eigenvalue weighted by atomic mass is 10.1. The van der Waals surface area contributed by atoms with Crippen molar-refractivity contribution in [3.63, 3.8) is 0 Å². The Bertz CT molecular complexity index is 955. The van der Waals surface area contributed by atoms with Crippen molar-refractivity contribution >= 4 is 21.8 Å². The van der Waals surface area contributed by atoms with E-state index in [1.165, 1.54) is 5.56 Å². The minimum atomic E-state index is -0.639. The van der Waals surface area contributed by atoms with Gasteiger partial charge in [0.1, 0.15) is 5.75 Å². The summed E-state index contributed by atoms with van der Waals surface area (Å²) in [6.07, 6.45) is -0.639. The second kappa shape index (κ2) is 8.35. The van der Waals surface area contributed by atoms with Gasteiger partial charge in [0.05, 0.1) is 6.54 Å². The Hall–Kier alpha value is -2.67. The number of carbonyl (C=O) groups is 1. The van der Waals surface area contributed by atoms with Crippen LogP contribution >= 0.6 is 15.9 Å². The molecule has 0 aliphatic rings.